The van der Waals surface area contributed by atoms with Gasteiger partial charge in [-0.2, -0.15) is 0 Å². The van der Waals surface area contributed by atoms with E-state index >= 15 is 0 Å². The van der Waals surface area contributed by atoms with E-state index in [1.54, 1.807) is 0 Å². The highest BCUT2D eigenvalue weighted by atomic mass is 32.2. The average molecular weight is 357 g/mol. The van der Waals surface area contributed by atoms with E-state index in [0.717, 1.165) is 19.4 Å². The van der Waals surface area contributed by atoms with Crippen LogP contribution in [0.4, 0.5) is 0 Å². The molecule has 0 radical (unpaired) electrons. The molecule has 0 spiro atoms. The van der Waals surface area contributed by atoms with Crippen LogP contribution in [-0.4, -0.2) is 54.0 Å². The molecule has 1 atom stereocenters. The molecule has 1 aromatic rings. The van der Waals surface area contributed by atoms with Crippen LogP contribution in [0.25, 0.3) is 0 Å². The minimum Gasteiger partial charge on any atom is -0.465 e. The van der Waals surface area contributed by atoms with Crippen LogP contribution in [0.5, 0.6) is 0 Å². The maximum atomic E-state index is 12.2. The number of methoxy groups -OCH3 is 1. The van der Waals surface area contributed by atoms with Crippen molar-refractivity contribution in [2.24, 2.45) is 0 Å². The largest absolute Gasteiger partial charge is 0.465 e. The Hall–Kier alpha value is -1.48. The Morgan fingerprint density at radius 1 is 1.42 bits per heavy atom. The number of carbonyl (C=O) groups is 1. The summed E-state index contributed by atoms with van der Waals surface area (Å²) in [5.41, 5.74) is 0.195. The average Bonchev–Trinajstić information content (AvgIpc) is 3.10. The molecule has 1 heterocycles. The van der Waals surface area contributed by atoms with E-state index in [0.29, 0.717) is 19.6 Å². The van der Waals surface area contributed by atoms with E-state index in [4.69, 9.17) is 9.47 Å². The molecule has 1 aliphatic rings. The van der Waals surface area contributed by atoms with Gasteiger partial charge in [-0.05, 0) is 37.5 Å². The Morgan fingerprint density at radius 2 is 2.25 bits per heavy atom. The monoisotopic (exact) mass is 357 g/mol. The summed E-state index contributed by atoms with van der Waals surface area (Å²) < 4.78 is 42.4. The Morgan fingerprint density at radius 3 is 2.96 bits per heavy atom. The van der Waals surface area contributed by atoms with Gasteiger partial charge in [0.15, 0.2) is 0 Å². The summed E-state index contributed by atoms with van der Waals surface area (Å²) in [6.45, 7) is 2.06. The molecule has 0 aliphatic carbocycles. The summed E-state index contributed by atoms with van der Waals surface area (Å²) in [5.74, 6) is -0.574. The molecule has 0 amide bonds. The molecule has 1 aromatic carbocycles. The third-order valence-electron chi connectivity index (χ3n) is 3.65. The van der Waals surface area contributed by atoms with Gasteiger partial charge >= 0.3 is 5.97 Å². The second-order valence-electron chi connectivity index (χ2n) is 5.48. The van der Waals surface area contributed by atoms with Crippen molar-refractivity contribution in [3.05, 3.63) is 29.8 Å². The van der Waals surface area contributed by atoms with Gasteiger partial charge in [0, 0.05) is 19.8 Å². The predicted molar refractivity (Wildman–Crippen MR) is 87.4 cm³/mol. The van der Waals surface area contributed by atoms with Crippen LogP contribution in [0.15, 0.2) is 29.2 Å². The van der Waals surface area contributed by atoms with Gasteiger partial charge in [0.1, 0.15) is 0 Å². The van der Waals surface area contributed by atoms with Gasteiger partial charge in [-0.15, -0.1) is 0 Å². The van der Waals surface area contributed by atoms with Crippen LogP contribution in [0.2, 0.25) is 0 Å². The molecule has 134 valence electrons. The van der Waals surface area contributed by atoms with Crippen molar-refractivity contribution in [2.45, 2.75) is 30.3 Å². The number of carbonyl (C=O) groups excluding carboxylic acids is 1. The van der Waals surface area contributed by atoms with Gasteiger partial charge in [-0.25, -0.2) is 17.9 Å². The highest BCUT2D eigenvalue weighted by Crippen LogP contribution is 2.13. The van der Waals surface area contributed by atoms with Crippen LogP contribution in [-0.2, 0) is 24.2 Å². The summed E-state index contributed by atoms with van der Waals surface area (Å²) in [4.78, 5) is 11.5. The molecule has 1 N–H and O–H groups in total. The van der Waals surface area contributed by atoms with E-state index < -0.39 is 16.0 Å². The summed E-state index contributed by atoms with van der Waals surface area (Å²) in [7, 11) is -2.42. The molecule has 0 bridgehead atoms. The smallest absolute Gasteiger partial charge is 0.337 e. The molecule has 1 saturated heterocycles. The molecule has 7 nitrogen and oxygen atoms in total. The van der Waals surface area contributed by atoms with Gasteiger partial charge in [0.05, 0.1) is 30.3 Å². The zero-order valence-corrected chi connectivity index (χ0v) is 14.5. The third kappa shape index (κ3) is 5.55. The van der Waals surface area contributed by atoms with E-state index in [2.05, 4.69) is 9.46 Å². The second kappa shape index (κ2) is 9.12. The molecule has 0 saturated carbocycles. The number of benzene rings is 1. The minimum absolute atomic E-state index is 0.0330. The number of sulfonamides is 1. The van der Waals surface area contributed by atoms with E-state index in [-0.39, 0.29) is 23.1 Å². The maximum Gasteiger partial charge on any atom is 0.337 e. The summed E-state index contributed by atoms with van der Waals surface area (Å²) in [6, 6.07) is 5.74. The first-order valence-corrected chi connectivity index (χ1v) is 9.38. The molecule has 0 aromatic heterocycles. The number of rotatable bonds is 9. The van der Waals surface area contributed by atoms with Gasteiger partial charge < -0.3 is 14.2 Å². The SMILES string of the molecule is COC(=O)c1cccc(S(=O)(=O)NCCCOC[C@H]2CCCO2)c1. The number of ether oxygens (including phenoxy) is 3. The summed E-state index contributed by atoms with van der Waals surface area (Å²) in [6.07, 6.45) is 2.81. The first-order valence-electron chi connectivity index (χ1n) is 7.90. The van der Waals surface area contributed by atoms with Crippen LogP contribution < -0.4 is 4.72 Å². The zero-order valence-electron chi connectivity index (χ0n) is 13.7. The highest BCUT2D eigenvalue weighted by molar-refractivity contribution is 7.89. The Kier molecular flexibility index (Phi) is 7.16. The maximum absolute atomic E-state index is 12.2. The second-order valence-corrected chi connectivity index (χ2v) is 7.25. The first-order chi connectivity index (χ1) is 11.5. The Balaban J connectivity index is 1.75. The van der Waals surface area contributed by atoms with Crippen molar-refractivity contribution in [3.63, 3.8) is 0 Å². The van der Waals surface area contributed by atoms with E-state index in [9.17, 15) is 13.2 Å². The van der Waals surface area contributed by atoms with Gasteiger partial charge in [0.2, 0.25) is 10.0 Å². The zero-order chi connectivity index (χ0) is 17.4. The Bertz CT molecular complexity index is 640. The van der Waals surface area contributed by atoms with Crippen molar-refractivity contribution in [1.29, 1.82) is 0 Å². The normalized spacial score (nSPS) is 17.8. The fraction of sp³-hybridized carbons (Fsp3) is 0.562. The molecule has 24 heavy (non-hydrogen) atoms. The van der Waals surface area contributed by atoms with Crippen LogP contribution in [0, 0.1) is 0 Å². The number of esters is 1. The van der Waals surface area contributed by atoms with Gasteiger partial charge in [-0.1, -0.05) is 6.07 Å². The Labute approximate surface area is 142 Å². The lowest BCUT2D eigenvalue weighted by Crippen LogP contribution is -2.26. The van der Waals surface area contributed by atoms with Crippen LogP contribution in [0.3, 0.4) is 0 Å². The lowest BCUT2D eigenvalue weighted by atomic mass is 10.2. The van der Waals surface area contributed by atoms with Crippen molar-refractivity contribution in [3.8, 4) is 0 Å². The fourth-order valence-electron chi connectivity index (χ4n) is 2.36. The topological polar surface area (TPSA) is 90.9 Å². The fourth-order valence-corrected chi connectivity index (χ4v) is 3.48. The number of hydrogen-bond donors (Lipinski definition) is 1. The van der Waals surface area contributed by atoms with Crippen LogP contribution >= 0.6 is 0 Å². The summed E-state index contributed by atoms with van der Waals surface area (Å²) in [5, 5.41) is 0. The van der Waals surface area contributed by atoms with E-state index in [1.807, 2.05) is 0 Å². The quantitative estimate of drug-likeness (QED) is 0.530. The van der Waals surface area contributed by atoms with Gasteiger partial charge in [0.25, 0.3) is 0 Å². The van der Waals surface area contributed by atoms with Crippen molar-refractivity contribution in [1.82, 2.24) is 4.72 Å². The lowest BCUT2D eigenvalue weighted by molar-refractivity contribution is 0.0169. The minimum atomic E-state index is -3.67. The summed E-state index contributed by atoms with van der Waals surface area (Å²) >= 11 is 0. The molecule has 1 aliphatic heterocycles. The molecular weight excluding hydrogens is 334 g/mol. The van der Waals surface area contributed by atoms with Crippen molar-refractivity contribution >= 4 is 16.0 Å². The highest BCUT2D eigenvalue weighted by Gasteiger charge is 2.17. The van der Waals surface area contributed by atoms with Crippen molar-refractivity contribution < 1.29 is 27.4 Å². The lowest BCUT2D eigenvalue weighted by Gasteiger charge is -2.11. The molecule has 1 fully saturated rings. The molecule has 8 heteroatoms. The third-order valence-corrected chi connectivity index (χ3v) is 5.11. The van der Waals surface area contributed by atoms with Crippen LogP contribution in [0.1, 0.15) is 29.6 Å². The standard InChI is InChI=1S/C16H23NO6S/c1-21-16(18)13-5-2-7-15(11-13)24(19,20)17-8-4-9-22-12-14-6-3-10-23-14/h2,5,7,11,14,17H,3-4,6,8-10,12H2,1H3/t14-/m1/s1. The first kappa shape index (κ1) is 18.9. The van der Waals surface area contributed by atoms with Crippen molar-refractivity contribution in [2.75, 3.05) is 33.5 Å². The number of hydrogen-bond acceptors (Lipinski definition) is 6. The molecule has 2 rings (SSSR count). The molecular formula is C16H23NO6S. The van der Waals surface area contributed by atoms with E-state index in [1.165, 1.54) is 31.4 Å². The molecule has 0 unspecified atom stereocenters. The van der Waals surface area contributed by atoms with Gasteiger partial charge in [-0.3, -0.25) is 0 Å². The number of nitrogens with one attached hydrogen (secondary N) is 1. The predicted octanol–water partition coefficient (Wildman–Crippen LogP) is 1.34.